The standard InChI is InChI=1S/C10H5FN2/c1-12-9-5-4-8-7(10(9)11)3-2-6-13-8/h2-6H. The Morgan fingerprint density at radius 2 is 2.15 bits per heavy atom. The first kappa shape index (κ1) is 7.69. The van der Waals surface area contributed by atoms with Crippen LogP contribution in [0, 0.1) is 12.4 Å². The molecular weight excluding hydrogens is 167 g/mol. The zero-order valence-electron chi connectivity index (χ0n) is 6.66. The predicted octanol–water partition coefficient (Wildman–Crippen LogP) is 2.92. The average molecular weight is 172 g/mol. The van der Waals surface area contributed by atoms with Gasteiger partial charge in [0.2, 0.25) is 5.69 Å². The van der Waals surface area contributed by atoms with Gasteiger partial charge >= 0.3 is 0 Å². The van der Waals surface area contributed by atoms with Gasteiger partial charge in [0.15, 0.2) is 0 Å². The quantitative estimate of drug-likeness (QED) is 0.558. The van der Waals surface area contributed by atoms with Crippen molar-refractivity contribution >= 4 is 16.6 Å². The molecule has 0 radical (unpaired) electrons. The Balaban J connectivity index is 2.89. The van der Waals surface area contributed by atoms with Gasteiger partial charge in [-0.15, -0.1) is 0 Å². The third-order valence-corrected chi connectivity index (χ3v) is 1.82. The first-order chi connectivity index (χ1) is 6.33. The SMILES string of the molecule is [C-]#[N+]c1ccc2ncccc2c1F. The Kier molecular flexibility index (Phi) is 1.67. The Bertz CT molecular complexity index is 500. The van der Waals surface area contributed by atoms with Gasteiger partial charge in [0.25, 0.3) is 0 Å². The topological polar surface area (TPSA) is 17.2 Å². The van der Waals surface area contributed by atoms with Crippen LogP contribution in [0.2, 0.25) is 0 Å². The van der Waals surface area contributed by atoms with Gasteiger partial charge in [0, 0.05) is 11.6 Å². The van der Waals surface area contributed by atoms with Crippen LogP contribution in [-0.2, 0) is 0 Å². The molecule has 0 amide bonds. The van der Waals surface area contributed by atoms with Crippen molar-refractivity contribution in [2.45, 2.75) is 0 Å². The van der Waals surface area contributed by atoms with E-state index in [9.17, 15) is 4.39 Å². The zero-order chi connectivity index (χ0) is 9.26. The molecule has 0 unspecified atom stereocenters. The fourth-order valence-electron chi connectivity index (χ4n) is 1.19. The number of rotatable bonds is 0. The van der Waals surface area contributed by atoms with Crippen molar-refractivity contribution < 1.29 is 4.39 Å². The van der Waals surface area contributed by atoms with Crippen molar-refractivity contribution in [1.29, 1.82) is 0 Å². The van der Waals surface area contributed by atoms with Gasteiger partial charge in [-0.25, -0.2) is 9.24 Å². The highest BCUT2D eigenvalue weighted by Crippen LogP contribution is 2.24. The summed E-state index contributed by atoms with van der Waals surface area (Å²) in [5.74, 6) is -0.486. The summed E-state index contributed by atoms with van der Waals surface area (Å²) in [6.45, 7) is 6.72. The molecule has 0 spiro atoms. The molecular formula is C10H5FN2. The van der Waals surface area contributed by atoms with E-state index < -0.39 is 5.82 Å². The third kappa shape index (κ3) is 1.13. The molecule has 0 aliphatic heterocycles. The molecule has 0 bridgehead atoms. The van der Waals surface area contributed by atoms with Crippen LogP contribution in [0.3, 0.4) is 0 Å². The Labute approximate surface area is 74.5 Å². The Morgan fingerprint density at radius 3 is 2.92 bits per heavy atom. The summed E-state index contributed by atoms with van der Waals surface area (Å²) in [6.07, 6.45) is 1.60. The van der Waals surface area contributed by atoms with Crippen LogP contribution in [-0.4, -0.2) is 4.98 Å². The van der Waals surface area contributed by atoms with Gasteiger partial charge < -0.3 is 0 Å². The van der Waals surface area contributed by atoms with Crippen molar-refractivity contribution in [1.82, 2.24) is 4.98 Å². The third-order valence-electron chi connectivity index (χ3n) is 1.82. The lowest BCUT2D eigenvalue weighted by atomic mass is 10.2. The van der Waals surface area contributed by atoms with Crippen LogP contribution in [0.4, 0.5) is 10.1 Å². The smallest absolute Gasteiger partial charge is 0.222 e. The highest BCUT2D eigenvalue weighted by atomic mass is 19.1. The molecule has 3 heteroatoms. The van der Waals surface area contributed by atoms with Gasteiger partial charge in [0.05, 0.1) is 12.1 Å². The lowest BCUT2D eigenvalue weighted by Gasteiger charge is -1.98. The van der Waals surface area contributed by atoms with Gasteiger partial charge in [-0.1, -0.05) is 6.07 Å². The summed E-state index contributed by atoms with van der Waals surface area (Å²) in [5.41, 5.74) is 0.618. The van der Waals surface area contributed by atoms with Crippen molar-refractivity contribution in [2.75, 3.05) is 0 Å². The van der Waals surface area contributed by atoms with E-state index in [0.717, 1.165) is 0 Å². The molecule has 0 aliphatic rings. The maximum atomic E-state index is 13.4. The highest BCUT2D eigenvalue weighted by molar-refractivity contribution is 5.83. The molecule has 13 heavy (non-hydrogen) atoms. The molecule has 2 aromatic rings. The van der Waals surface area contributed by atoms with E-state index in [1.54, 1.807) is 24.4 Å². The van der Waals surface area contributed by atoms with E-state index in [1.165, 1.54) is 6.07 Å². The Hall–Kier alpha value is -1.95. The van der Waals surface area contributed by atoms with E-state index in [-0.39, 0.29) is 5.69 Å². The summed E-state index contributed by atoms with van der Waals surface area (Å²) in [4.78, 5) is 7.04. The van der Waals surface area contributed by atoms with Gasteiger partial charge in [-0.05, 0) is 18.2 Å². The minimum Gasteiger partial charge on any atom is -0.256 e. The molecule has 0 saturated heterocycles. The molecule has 2 rings (SSSR count). The fourth-order valence-corrected chi connectivity index (χ4v) is 1.19. The number of fused-ring (bicyclic) bond motifs is 1. The van der Waals surface area contributed by atoms with E-state index in [0.29, 0.717) is 10.9 Å². The van der Waals surface area contributed by atoms with Crippen molar-refractivity contribution in [3.8, 4) is 0 Å². The maximum absolute atomic E-state index is 13.4. The zero-order valence-corrected chi connectivity index (χ0v) is 6.66. The minimum atomic E-state index is -0.486. The fraction of sp³-hybridized carbons (Fsp3) is 0. The van der Waals surface area contributed by atoms with Gasteiger partial charge in [-0.2, -0.15) is 0 Å². The van der Waals surface area contributed by atoms with E-state index in [4.69, 9.17) is 6.57 Å². The summed E-state index contributed by atoms with van der Waals surface area (Å²) >= 11 is 0. The molecule has 0 aliphatic carbocycles. The lowest BCUT2D eigenvalue weighted by Crippen LogP contribution is -1.81. The number of hydrogen-bond acceptors (Lipinski definition) is 1. The van der Waals surface area contributed by atoms with Gasteiger partial charge in [-0.3, -0.25) is 4.98 Å². The molecule has 0 saturated carbocycles. The minimum absolute atomic E-state index is 0.0421. The monoisotopic (exact) mass is 172 g/mol. The molecule has 1 aromatic carbocycles. The van der Waals surface area contributed by atoms with E-state index in [2.05, 4.69) is 9.83 Å². The number of pyridine rings is 1. The normalized spacial score (nSPS) is 9.85. The van der Waals surface area contributed by atoms with Crippen molar-refractivity contribution in [2.24, 2.45) is 0 Å². The lowest BCUT2D eigenvalue weighted by molar-refractivity contribution is 0.645. The van der Waals surface area contributed by atoms with Crippen LogP contribution >= 0.6 is 0 Å². The molecule has 62 valence electrons. The molecule has 1 aromatic heterocycles. The molecule has 1 heterocycles. The second-order valence-electron chi connectivity index (χ2n) is 2.58. The van der Waals surface area contributed by atoms with E-state index >= 15 is 0 Å². The molecule has 0 atom stereocenters. The number of nitrogens with zero attached hydrogens (tertiary/aromatic N) is 2. The second-order valence-corrected chi connectivity index (χ2v) is 2.58. The van der Waals surface area contributed by atoms with Crippen LogP contribution in [0.1, 0.15) is 0 Å². The summed E-state index contributed by atoms with van der Waals surface area (Å²) in [7, 11) is 0. The summed E-state index contributed by atoms with van der Waals surface area (Å²) < 4.78 is 13.4. The second kappa shape index (κ2) is 2.83. The first-order valence-corrected chi connectivity index (χ1v) is 3.73. The Morgan fingerprint density at radius 1 is 1.31 bits per heavy atom. The highest BCUT2D eigenvalue weighted by Gasteiger charge is 2.05. The number of halogens is 1. The largest absolute Gasteiger partial charge is 0.256 e. The molecule has 2 nitrogen and oxygen atoms in total. The molecule has 0 fully saturated rings. The van der Waals surface area contributed by atoms with Crippen LogP contribution in [0.15, 0.2) is 30.5 Å². The van der Waals surface area contributed by atoms with Crippen molar-refractivity contribution in [3.05, 3.63) is 47.7 Å². The van der Waals surface area contributed by atoms with Crippen LogP contribution in [0.25, 0.3) is 15.7 Å². The average Bonchev–Trinajstić information content (AvgIpc) is 2.19. The number of benzene rings is 1. The number of hydrogen-bond donors (Lipinski definition) is 0. The number of aromatic nitrogens is 1. The summed E-state index contributed by atoms with van der Waals surface area (Å²) in [6, 6.07) is 6.36. The summed E-state index contributed by atoms with van der Waals surface area (Å²) in [5, 5.41) is 0.399. The van der Waals surface area contributed by atoms with E-state index in [1.807, 2.05) is 0 Å². The van der Waals surface area contributed by atoms with Crippen molar-refractivity contribution in [3.63, 3.8) is 0 Å². The molecule has 0 N–H and O–H groups in total. The van der Waals surface area contributed by atoms with Crippen LogP contribution in [0.5, 0.6) is 0 Å². The van der Waals surface area contributed by atoms with Crippen LogP contribution < -0.4 is 0 Å². The first-order valence-electron chi connectivity index (χ1n) is 3.73. The van der Waals surface area contributed by atoms with Gasteiger partial charge in [0.1, 0.15) is 5.82 Å². The maximum Gasteiger partial charge on any atom is 0.222 e. The predicted molar refractivity (Wildman–Crippen MR) is 48.0 cm³/mol.